The second-order valence-electron chi connectivity index (χ2n) is 7.91. The molecule has 8 nitrogen and oxygen atoms in total. The lowest BCUT2D eigenvalue weighted by molar-refractivity contribution is 0.0940. The first-order valence-corrected chi connectivity index (χ1v) is 10.6. The van der Waals surface area contributed by atoms with Gasteiger partial charge in [-0.3, -0.25) is 4.79 Å². The van der Waals surface area contributed by atoms with E-state index in [1.807, 2.05) is 18.2 Å². The summed E-state index contributed by atoms with van der Waals surface area (Å²) < 4.78 is 2.09. The van der Waals surface area contributed by atoms with E-state index in [4.69, 9.17) is 4.98 Å². The van der Waals surface area contributed by atoms with Gasteiger partial charge in [-0.15, -0.1) is 10.2 Å². The van der Waals surface area contributed by atoms with Gasteiger partial charge in [-0.1, -0.05) is 30.3 Å². The van der Waals surface area contributed by atoms with Crippen LogP contribution < -0.4 is 10.2 Å². The molecule has 1 N–H and O–H groups in total. The predicted octanol–water partition coefficient (Wildman–Crippen LogP) is 1.98. The number of aromatic nitrogens is 5. The van der Waals surface area contributed by atoms with E-state index in [-0.39, 0.29) is 5.91 Å². The molecule has 2 aliphatic heterocycles. The van der Waals surface area contributed by atoms with Crippen LogP contribution in [0.25, 0.3) is 0 Å². The van der Waals surface area contributed by atoms with Gasteiger partial charge in [-0.2, -0.15) is 0 Å². The Hall–Kier alpha value is -3.29. The van der Waals surface area contributed by atoms with E-state index in [1.165, 1.54) is 5.56 Å². The molecule has 0 bridgehead atoms. The van der Waals surface area contributed by atoms with E-state index < -0.39 is 0 Å². The normalized spacial score (nSPS) is 16.9. The molecule has 0 aliphatic carbocycles. The fraction of sp³-hybridized carbons (Fsp3) is 0.409. The molecule has 2 aliphatic rings. The zero-order valence-electron chi connectivity index (χ0n) is 16.9. The first-order chi connectivity index (χ1) is 14.8. The third-order valence-electron chi connectivity index (χ3n) is 6.01. The number of piperidine rings is 1. The average Bonchev–Trinajstić information content (AvgIpc) is 3.34. The minimum Gasteiger partial charge on any atom is -0.356 e. The van der Waals surface area contributed by atoms with Crippen LogP contribution in [-0.2, 0) is 19.3 Å². The van der Waals surface area contributed by atoms with Crippen LogP contribution in [0.3, 0.4) is 0 Å². The van der Waals surface area contributed by atoms with Crippen LogP contribution in [0.15, 0.2) is 43.0 Å². The van der Waals surface area contributed by atoms with Gasteiger partial charge in [0.25, 0.3) is 5.91 Å². The van der Waals surface area contributed by atoms with E-state index in [2.05, 4.69) is 42.1 Å². The highest BCUT2D eigenvalue weighted by atomic mass is 16.1. The number of hydrogen-bond acceptors (Lipinski definition) is 6. The van der Waals surface area contributed by atoms with Gasteiger partial charge in [0, 0.05) is 37.7 Å². The third kappa shape index (κ3) is 3.77. The Bertz CT molecular complexity index is 1010. The number of nitrogens with zero attached hydrogens (tertiary/aromatic N) is 6. The maximum absolute atomic E-state index is 12.5. The lowest BCUT2D eigenvalue weighted by Gasteiger charge is -2.35. The van der Waals surface area contributed by atoms with Crippen LogP contribution in [0.5, 0.6) is 0 Å². The summed E-state index contributed by atoms with van der Waals surface area (Å²) in [6, 6.07) is 10.7. The van der Waals surface area contributed by atoms with Crippen molar-refractivity contribution in [3.63, 3.8) is 0 Å². The van der Waals surface area contributed by atoms with Gasteiger partial charge in [-0.05, 0) is 31.2 Å². The van der Waals surface area contributed by atoms with E-state index in [9.17, 15) is 4.79 Å². The Morgan fingerprint density at radius 3 is 2.53 bits per heavy atom. The quantitative estimate of drug-likeness (QED) is 0.701. The molecule has 1 aromatic carbocycles. The number of benzene rings is 1. The Balaban J connectivity index is 1.39. The van der Waals surface area contributed by atoms with Gasteiger partial charge < -0.3 is 14.8 Å². The molecule has 0 spiro atoms. The number of amides is 1. The smallest absolute Gasteiger partial charge is 0.270 e. The van der Waals surface area contributed by atoms with Gasteiger partial charge >= 0.3 is 0 Å². The van der Waals surface area contributed by atoms with Crippen molar-refractivity contribution in [2.75, 3.05) is 24.5 Å². The first kappa shape index (κ1) is 18.7. The number of rotatable bonds is 5. The van der Waals surface area contributed by atoms with Crippen LogP contribution in [-0.4, -0.2) is 50.3 Å². The number of fused-ring (bicyclic) bond motifs is 1. The second kappa shape index (κ2) is 8.22. The monoisotopic (exact) mass is 403 g/mol. The molecular weight excluding hydrogens is 378 g/mol. The molecular formula is C22H25N7O. The SMILES string of the molecule is O=C1NCCc2c1nc(CCc1ccccc1)nc2N1CCC(n2cnnc2)CC1. The highest BCUT2D eigenvalue weighted by Crippen LogP contribution is 2.30. The van der Waals surface area contributed by atoms with Gasteiger partial charge in [0.05, 0.1) is 0 Å². The van der Waals surface area contributed by atoms with E-state index in [0.717, 1.165) is 62.4 Å². The molecule has 154 valence electrons. The van der Waals surface area contributed by atoms with Crippen molar-refractivity contribution >= 4 is 11.7 Å². The van der Waals surface area contributed by atoms with Crippen molar-refractivity contribution in [1.29, 1.82) is 0 Å². The summed E-state index contributed by atoms with van der Waals surface area (Å²) in [5.74, 6) is 1.60. The van der Waals surface area contributed by atoms with Crippen LogP contribution in [0, 0.1) is 0 Å². The highest BCUT2D eigenvalue weighted by Gasteiger charge is 2.29. The molecule has 5 rings (SSSR count). The summed E-state index contributed by atoms with van der Waals surface area (Å²) in [5, 5.41) is 10.8. The summed E-state index contributed by atoms with van der Waals surface area (Å²) in [7, 11) is 0. The zero-order valence-corrected chi connectivity index (χ0v) is 16.9. The minimum absolute atomic E-state index is 0.0831. The van der Waals surface area contributed by atoms with Crippen LogP contribution >= 0.6 is 0 Å². The summed E-state index contributed by atoms with van der Waals surface area (Å²) in [5.41, 5.74) is 2.79. The number of carbonyl (C=O) groups is 1. The molecule has 30 heavy (non-hydrogen) atoms. The molecule has 0 unspecified atom stereocenters. The molecule has 1 saturated heterocycles. The van der Waals surface area contributed by atoms with Crippen molar-refractivity contribution in [3.8, 4) is 0 Å². The van der Waals surface area contributed by atoms with Gasteiger partial charge in [0.15, 0.2) is 0 Å². The average molecular weight is 403 g/mol. The molecule has 0 saturated carbocycles. The van der Waals surface area contributed by atoms with Crippen molar-refractivity contribution in [2.45, 2.75) is 38.1 Å². The fourth-order valence-corrected chi connectivity index (χ4v) is 4.37. The molecule has 8 heteroatoms. The Labute approximate surface area is 175 Å². The number of carbonyl (C=O) groups excluding carboxylic acids is 1. The van der Waals surface area contributed by atoms with Crippen LogP contribution in [0.4, 0.5) is 5.82 Å². The number of aryl methyl sites for hydroxylation is 2. The zero-order chi connectivity index (χ0) is 20.3. The minimum atomic E-state index is -0.0831. The lowest BCUT2D eigenvalue weighted by atomic mass is 10.0. The summed E-state index contributed by atoms with van der Waals surface area (Å²) >= 11 is 0. The van der Waals surface area contributed by atoms with Gasteiger partial charge in [-0.25, -0.2) is 9.97 Å². The Morgan fingerprint density at radius 1 is 1.00 bits per heavy atom. The second-order valence-corrected chi connectivity index (χ2v) is 7.91. The predicted molar refractivity (Wildman–Crippen MR) is 112 cm³/mol. The lowest BCUT2D eigenvalue weighted by Crippen LogP contribution is -2.39. The molecule has 4 heterocycles. The number of nitrogens with one attached hydrogen (secondary N) is 1. The molecule has 0 radical (unpaired) electrons. The van der Waals surface area contributed by atoms with Crippen LogP contribution in [0.1, 0.15) is 46.3 Å². The third-order valence-corrected chi connectivity index (χ3v) is 6.01. The first-order valence-electron chi connectivity index (χ1n) is 10.6. The Morgan fingerprint density at radius 2 is 1.77 bits per heavy atom. The maximum atomic E-state index is 12.5. The molecule has 1 fully saturated rings. The summed E-state index contributed by atoms with van der Waals surface area (Å²) in [4.78, 5) is 24.4. The summed E-state index contributed by atoms with van der Waals surface area (Å²) in [6.45, 7) is 2.43. The van der Waals surface area contributed by atoms with Crippen LogP contribution in [0.2, 0.25) is 0 Å². The van der Waals surface area contributed by atoms with E-state index in [1.54, 1.807) is 12.7 Å². The van der Waals surface area contributed by atoms with Gasteiger partial charge in [0.1, 0.15) is 30.0 Å². The van der Waals surface area contributed by atoms with Crippen molar-refractivity contribution in [3.05, 3.63) is 65.6 Å². The Kier molecular flexibility index (Phi) is 5.13. The van der Waals surface area contributed by atoms with Crippen molar-refractivity contribution < 1.29 is 4.79 Å². The van der Waals surface area contributed by atoms with Crippen molar-refractivity contribution in [1.82, 2.24) is 30.0 Å². The van der Waals surface area contributed by atoms with Crippen molar-refractivity contribution in [2.24, 2.45) is 0 Å². The largest absolute Gasteiger partial charge is 0.356 e. The molecule has 2 aromatic heterocycles. The molecule has 0 atom stereocenters. The summed E-state index contributed by atoms with van der Waals surface area (Å²) in [6.07, 6.45) is 7.94. The van der Waals surface area contributed by atoms with E-state index >= 15 is 0 Å². The van der Waals surface area contributed by atoms with E-state index in [0.29, 0.717) is 18.3 Å². The van der Waals surface area contributed by atoms with Gasteiger partial charge in [0.2, 0.25) is 0 Å². The number of anilines is 1. The highest BCUT2D eigenvalue weighted by molar-refractivity contribution is 5.96. The fourth-order valence-electron chi connectivity index (χ4n) is 4.37. The molecule has 3 aromatic rings. The molecule has 1 amide bonds. The standard InChI is InChI=1S/C22H25N7O/c30-22-20-18(8-11-23-22)21(27-19(26-20)7-6-16-4-2-1-3-5-16)28-12-9-17(10-13-28)29-14-24-25-15-29/h1-5,14-15,17H,6-13H2,(H,23,30). The maximum Gasteiger partial charge on any atom is 0.270 e. The number of hydrogen-bond donors (Lipinski definition) is 1. The topological polar surface area (TPSA) is 88.8 Å².